The first kappa shape index (κ1) is 25.5. The molecule has 0 saturated heterocycles. The van der Waals surface area contributed by atoms with Crippen LogP contribution in [0.1, 0.15) is 34.6 Å². The first-order chi connectivity index (χ1) is 5.86. The molecule has 1 rings (SSSR count). The summed E-state index contributed by atoms with van der Waals surface area (Å²) in [4.78, 5) is 0. The van der Waals surface area contributed by atoms with Gasteiger partial charge in [0.1, 0.15) is 0 Å². The van der Waals surface area contributed by atoms with Gasteiger partial charge < -0.3 is 30.1 Å². The van der Waals surface area contributed by atoms with Gasteiger partial charge in [0.2, 0.25) is 0 Å². The summed E-state index contributed by atoms with van der Waals surface area (Å²) in [7, 11) is 3.50. The third-order valence-electron chi connectivity index (χ3n) is 2.56. The van der Waals surface area contributed by atoms with Crippen LogP contribution in [-0.4, -0.2) is 14.1 Å². The van der Waals surface area contributed by atoms with Crippen molar-refractivity contribution >= 4 is 0 Å². The Labute approximate surface area is 128 Å². The Morgan fingerprint density at radius 2 is 1.31 bits per heavy atom. The molecule has 1 nitrogen and oxygen atoms in total. The number of allylic oxidation sites excluding steroid dienone is 4. The topological polar surface area (TPSA) is 14.1 Å². The van der Waals surface area contributed by atoms with E-state index < -0.39 is 0 Å². The van der Waals surface area contributed by atoms with Crippen LogP contribution in [0.3, 0.4) is 0 Å². The molecule has 0 aromatic rings. The fraction of sp³-hybridized carbons (Fsp3) is 0.667. The zero-order valence-electron chi connectivity index (χ0n) is 11.2. The quantitative estimate of drug-likeness (QED) is 0.354. The Hall–Kier alpha value is 0.734. The van der Waals surface area contributed by atoms with Crippen molar-refractivity contribution in [2.75, 3.05) is 14.1 Å². The maximum atomic E-state index is 3.50. The molecule has 1 aliphatic carbocycles. The molecule has 0 aliphatic heterocycles. The smallest absolute Gasteiger partial charge is 1.00 e. The third kappa shape index (κ3) is 7.14. The summed E-state index contributed by atoms with van der Waals surface area (Å²) in [6.45, 7) is 10.9. The van der Waals surface area contributed by atoms with Gasteiger partial charge in [-0.25, -0.2) is 5.57 Å². The second kappa shape index (κ2) is 10.9. The van der Waals surface area contributed by atoms with Crippen LogP contribution >= 0.6 is 0 Å². The van der Waals surface area contributed by atoms with Crippen molar-refractivity contribution in [3.8, 4) is 0 Å². The van der Waals surface area contributed by atoms with Gasteiger partial charge in [-0.2, -0.15) is 25.2 Å². The maximum absolute atomic E-state index is 3.50. The fourth-order valence-corrected chi connectivity index (χ4v) is 1.41. The molecule has 0 radical (unpaired) electrons. The molecule has 0 N–H and O–H groups in total. The normalized spacial score (nSPS) is 15.8. The zero-order valence-corrected chi connectivity index (χ0v) is 14.3. The molecule has 1 aliphatic rings. The van der Waals surface area contributed by atoms with Crippen LogP contribution in [0.25, 0.3) is 5.32 Å². The molecular formula is C12H21Cl2NTi. The average molecular weight is 298 g/mol. The van der Waals surface area contributed by atoms with E-state index >= 15 is 0 Å². The summed E-state index contributed by atoms with van der Waals surface area (Å²) in [6.07, 6.45) is 3.44. The van der Waals surface area contributed by atoms with Crippen LogP contribution < -0.4 is 24.8 Å². The Balaban J connectivity index is -0.000000109. The van der Waals surface area contributed by atoms with Crippen molar-refractivity contribution in [1.82, 2.24) is 0 Å². The minimum atomic E-state index is 0. The van der Waals surface area contributed by atoms with E-state index in [0.717, 1.165) is 0 Å². The molecule has 0 heterocycles. The number of rotatable bonds is 0. The van der Waals surface area contributed by atoms with Crippen molar-refractivity contribution in [1.29, 1.82) is 0 Å². The summed E-state index contributed by atoms with van der Waals surface area (Å²) < 4.78 is 0. The Morgan fingerprint density at radius 3 is 1.38 bits per heavy atom. The zero-order chi connectivity index (χ0) is 10.6. The summed E-state index contributed by atoms with van der Waals surface area (Å²) >= 11 is 0. The molecule has 0 amide bonds. The van der Waals surface area contributed by atoms with Gasteiger partial charge in [-0.05, 0) is 0 Å². The van der Waals surface area contributed by atoms with Crippen molar-refractivity contribution in [2.24, 2.45) is 5.41 Å². The average Bonchev–Trinajstić information content (AvgIpc) is 2.16. The van der Waals surface area contributed by atoms with Gasteiger partial charge in [-0.3, -0.25) is 6.08 Å². The van der Waals surface area contributed by atoms with Crippen LogP contribution in [0.5, 0.6) is 0 Å². The maximum Gasteiger partial charge on any atom is 4.00 e. The largest absolute Gasteiger partial charge is 4.00 e. The van der Waals surface area contributed by atoms with E-state index in [2.05, 4.69) is 46.0 Å². The second-order valence-corrected chi connectivity index (χ2v) is 4.07. The van der Waals surface area contributed by atoms with Gasteiger partial charge in [-0.1, -0.05) is 33.1 Å². The van der Waals surface area contributed by atoms with Crippen molar-refractivity contribution in [3.05, 3.63) is 28.1 Å². The Bertz CT molecular complexity index is 245. The van der Waals surface area contributed by atoms with Gasteiger partial charge in [0.05, 0.1) is 0 Å². The van der Waals surface area contributed by atoms with Crippen molar-refractivity contribution < 1.29 is 46.5 Å². The first-order valence-electron chi connectivity index (χ1n) is 4.64. The predicted octanol–water partition coefficient (Wildman–Crippen LogP) is -2.26. The summed E-state index contributed by atoms with van der Waals surface area (Å²) in [5.41, 5.74) is 4.39. The van der Waals surface area contributed by atoms with Crippen LogP contribution in [-0.2, 0) is 21.7 Å². The van der Waals surface area contributed by atoms with Gasteiger partial charge in [-0.15, -0.1) is 6.92 Å². The Morgan fingerprint density at radius 1 is 1.00 bits per heavy atom. The predicted molar refractivity (Wildman–Crippen MR) is 59.8 cm³/mol. The minimum Gasteiger partial charge on any atom is -1.00 e. The fourth-order valence-electron chi connectivity index (χ4n) is 1.41. The minimum absolute atomic E-state index is 0. The third-order valence-corrected chi connectivity index (χ3v) is 2.56. The number of nitrogens with zero attached hydrogens (tertiary/aromatic N) is 1. The van der Waals surface area contributed by atoms with Crippen LogP contribution in [0.4, 0.5) is 0 Å². The second-order valence-electron chi connectivity index (χ2n) is 4.07. The molecule has 0 spiro atoms. The van der Waals surface area contributed by atoms with E-state index in [0.29, 0.717) is 0 Å². The first-order valence-corrected chi connectivity index (χ1v) is 4.64. The van der Waals surface area contributed by atoms with Crippen LogP contribution in [0.15, 0.2) is 16.7 Å². The van der Waals surface area contributed by atoms with Gasteiger partial charge in [0.25, 0.3) is 0 Å². The van der Waals surface area contributed by atoms with E-state index in [1.54, 1.807) is 14.1 Å². The molecule has 0 aromatic heterocycles. The number of halogens is 2. The van der Waals surface area contributed by atoms with Crippen LogP contribution in [0.2, 0.25) is 0 Å². The summed E-state index contributed by atoms with van der Waals surface area (Å²) in [5, 5.41) is 3.50. The van der Waals surface area contributed by atoms with Gasteiger partial charge >= 0.3 is 21.7 Å². The molecule has 0 fully saturated rings. The molecule has 92 valence electrons. The van der Waals surface area contributed by atoms with E-state index in [-0.39, 0.29) is 51.9 Å². The molecule has 0 bridgehead atoms. The van der Waals surface area contributed by atoms with Gasteiger partial charge in [0.15, 0.2) is 0 Å². The van der Waals surface area contributed by atoms with E-state index in [4.69, 9.17) is 0 Å². The monoisotopic (exact) mass is 297 g/mol. The Kier molecular flexibility index (Phi) is 17.3. The molecule has 0 aromatic carbocycles. The SMILES string of the molecule is CC1=[C-]C(C)(C)C(C)=C1C.C[N-]C.[Cl-].[Cl-].[Ti+4]. The molecule has 0 saturated carbocycles. The van der Waals surface area contributed by atoms with E-state index in [1.807, 2.05) is 0 Å². The van der Waals surface area contributed by atoms with E-state index in [9.17, 15) is 0 Å². The molecule has 0 unspecified atom stereocenters. The van der Waals surface area contributed by atoms with Gasteiger partial charge in [0, 0.05) is 0 Å². The molecule has 0 atom stereocenters. The summed E-state index contributed by atoms with van der Waals surface area (Å²) in [6, 6.07) is 0. The number of hydrogen-bond acceptors (Lipinski definition) is 0. The molecular weight excluding hydrogens is 277 g/mol. The standard InChI is InChI=1S/C10H15.C2H6N.2ClH.Ti/c1-7-6-10(4,5)9(3)8(7)2;1-3-2;;;/h1-5H3;1-2H3;2*1H;/q2*-1;;;+4/p-2. The molecule has 4 heteroatoms. The van der Waals surface area contributed by atoms with Crippen molar-refractivity contribution in [2.45, 2.75) is 34.6 Å². The number of hydrogen-bond donors (Lipinski definition) is 0. The summed E-state index contributed by atoms with van der Waals surface area (Å²) in [5.74, 6) is 0. The van der Waals surface area contributed by atoms with Crippen LogP contribution in [0, 0.1) is 11.5 Å². The van der Waals surface area contributed by atoms with E-state index in [1.165, 1.54) is 16.7 Å². The molecule has 16 heavy (non-hydrogen) atoms. The van der Waals surface area contributed by atoms with Crippen molar-refractivity contribution in [3.63, 3.8) is 0 Å².